The van der Waals surface area contributed by atoms with E-state index >= 15 is 0 Å². The molecule has 0 aliphatic rings. The van der Waals surface area contributed by atoms with Crippen molar-refractivity contribution in [1.29, 1.82) is 0 Å². The number of hydrogen-bond donors (Lipinski definition) is 0. The van der Waals surface area contributed by atoms with Crippen molar-refractivity contribution in [2.45, 2.75) is 6.48 Å². The summed E-state index contributed by atoms with van der Waals surface area (Å²) in [7, 11) is 3.26. The largest absolute Gasteiger partial charge is 0.333 e. The van der Waals surface area contributed by atoms with E-state index in [0.717, 1.165) is 0 Å². The Bertz CT molecular complexity index is 59.8. The Morgan fingerprint density at radius 3 is 2.33 bits per heavy atom. The van der Waals surface area contributed by atoms with E-state index < -0.39 is 6.48 Å². The number of ether oxygens (including phenoxy) is 3. The monoisotopic (exact) mass is 168 g/mol. The Morgan fingerprint density at radius 1 is 1.44 bits per heavy atom. The van der Waals surface area contributed by atoms with Gasteiger partial charge in [-0.2, -0.15) is 11.1 Å². The van der Waals surface area contributed by atoms with Gasteiger partial charge in [0.15, 0.2) is 0 Å². The lowest BCUT2D eigenvalue weighted by molar-refractivity contribution is -0.257. The summed E-state index contributed by atoms with van der Waals surface area (Å²) >= 11 is 5.35. The van der Waals surface area contributed by atoms with Gasteiger partial charge >= 0.3 is 0 Å². The molecule has 0 atom stereocenters. The van der Waals surface area contributed by atoms with Gasteiger partial charge in [-0.1, -0.05) is 0 Å². The zero-order chi connectivity index (χ0) is 7.11. The van der Waals surface area contributed by atoms with Gasteiger partial charge in [0.05, 0.1) is 6.23 Å². The van der Waals surface area contributed by atoms with Crippen LogP contribution in [0.15, 0.2) is 0 Å². The second-order valence-electron chi connectivity index (χ2n) is 1.20. The summed E-state index contributed by atoms with van der Waals surface area (Å²) in [6.07, 6.45) is 0.466. The second-order valence-corrected chi connectivity index (χ2v) is 2.56. The summed E-state index contributed by atoms with van der Waals surface area (Å²) < 4.78 is 14.3. The lowest BCUT2D eigenvalue weighted by Crippen LogP contribution is -2.19. The van der Waals surface area contributed by atoms with Crippen LogP contribution >= 0.6 is 11.1 Å². The van der Waals surface area contributed by atoms with Crippen molar-refractivity contribution in [3.05, 3.63) is 0 Å². The Labute approximate surface area is 61.8 Å². The fraction of sp³-hybridized carbons (Fsp3) is 1.00. The molecule has 0 aromatic heterocycles. The topological polar surface area (TPSA) is 27.7 Å². The van der Waals surface area contributed by atoms with Crippen molar-refractivity contribution >= 4 is 19.9 Å². The van der Waals surface area contributed by atoms with E-state index in [-0.39, 0.29) is 8.83 Å². The molecule has 0 heterocycles. The Kier molecular flexibility index (Phi) is 6.79. The third-order valence-electron chi connectivity index (χ3n) is 0.659. The van der Waals surface area contributed by atoms with Crippen molar-refractivity contribution < 1.29 is 14.2 Å². The van der Waals surface area contributed by atoms with Crippen LogP contribution in [0.2, 0.25) is 0 Å². The molecule has 54 valence electrons. The molecule has 2 radical (unpaired) electrons. The SMILES string of the molecule is COC(OC)OC[Si]Cl. The molecule has 0 aromatic carbocycles. The van der Waals surface area contributed by atoms with Crippen LogP contribution in [0.1, 0.15) is 0 Å². The van der Waals surface area contributed by atoms with Crippen LogP contribution in [0.3, 0.4) is 0 Å². The molecule has 0 saturated carbocycles. The minimum Gasteiger partial charge on any atom is -0.333 e. The summed E-state index contributed by atoms with van der Waals surface area (Å²) in [5.41, 5.74) is 0. The van der Waals surface area contributed by atoms with E-state index in [1.54, 1.807) is 0 Å². The van der Waals surface area contributed by atoms with Gasteiger partial charge < -0.3 is 14.2 Å². The van der Waals surface area contributed by atoms with Gasteiger partial charge in [-0.05, 0) is 0 Å². The maximum Gasteiger partial charge on any atom is 0.270 e. The molecular formula is C4H9ClO3Si. The van der Waals surface area contributed by atoms with Gasteiger partial charge in [0, 0.05) is 14.2 Å². The van der Waals surface area contributed by atoms with E-state index in [9.17, 15) is 0 Å². The fourth-order valence-corrected chi connectivity index (χ4v) is 0.720. The van der Waals surface area contributed by atoms with Crippen LogP contribution in [0.4, 0.5) is 0 Å². The highest BCUT2D eigenvalue weighted by atomic mass is 35.6. The summed E-state index contributed by atoms with van der Waals surface area (Å²) in [5.74, 6) is 0. The van der Waals surface area contributed by atoms with Crippen LogP contribution in [-0.4, -0.2) is 35.8 Å². The van der Waals surface area contributed by atoms with Gasteiger partial charge in [0.1, 0.15) is 0 Å². The van der Waals surface area contributed by atoms with Crippen molar-refractivity contribution in [3.63, 3.8) is 0 Å². The molecule has 0 aliphatic heterocycles. The summed E-state index contributed by atoms with van der Waals surface area (Å²) in [4.78, 5) is 0. The molecule has 0 N–H and O–H groups in total. The Balaban J connectivity index is 3.09. The molecule has 0 aromatic rings. The molecular weight excluding hydrogens is 160 g/mol. The highest BCUT2D eigenvalue weighted by Gasteiger charge is 2.02. The molecule has 5 heteroatoms. The quantitative estimate of drug-likeness (QED) is 0.338. The van der Waals surface area contributed by atoms with Crippen molar-refractivity contribution in [2.24, 2.45) is 0 Å². The van der Waals surface area contributed by atoms with E-state index in [2.05, 4.69) is 0 Å². The lowest BCUT2D eigenvalue weighted by Gasteiger charge is -2.11. The molecule has 0 fully saturated rings. The van der Waals surface area contributed by atoms with Crippen molar-refractivity contribution in [3.8, 4) is 0 Å². The average Bonchev–Trinajstić information content (AvgIpc) is 1.91. The van der Waals surface area contributed by atoms with Gasteiger partial charge in [0.25, 0.3) is 6.48 Å². The highest BCUT2D eigenvalue weighted by Crippen LogP contribution is 1.91. The van der Waals surface area contributed by atoms with Gasteiger partial charge in [-0.25, -0.2) is 0 Å². The van der Waals surface area contributed by atoms with Gasteiger partial charge in [-0.15, -0.1) is 0 Å². The second kappa shape index (κ2) is 6.51. The molecule has 0 bridgehead atoms. The molecule has 9 heavy (non-hydrogen) atoms. The predicted molar refractivity (Wildman–Crippen MR) is 35.4 cm³/mol. The first-order valence-electron chi connectivity index (χ1n) is 2.35. The summed E-state index contributed by atoms with van der Waals surface area (Å²) in [6.45, 7) is -0.573. The zero-order valence-corrected chi connectivity index (χ0v) is 7.14. The smallest absolute Gasteiger partial charge is 0.270 e. The van der Waals surface area contributed by atoms with Gasteiger partial charge in [-0.3, -0.25) is 0 Å². The van der Waals surface area contributed by atoms with Crippen LogP contribution < -0.4 is 0 Å². The number of hydrogen-bond acceptors (Lipinski definition) is 3. The van der Waals surface area contributed by atoms with E-state index in [4.69, 9.17) is 25.3 Å². The first kappa shape index (κ1) is 9.39. The normalized spacial score (nSPS) is 10.7. The minimum absolute atomic E-state index is 0.247. The van der Waals surface area contributed by atoms with E-state index in [1.807, 2.05) is 0 Å². The standard InChI is InChI=1S/C4H9ClO3Si/c1-6-4(7-2)8-3-9-5/h4H,3H2,1-2H3. The summed E-state index contributed by atoms with van der Waals surface area (Å²) in [5, 5.41) is 0. The minimum atomic E-state index is -0.573. The molecule has 0 rings (SSSR count). The molecule has 0 amide bonds. The fourth-order valence-electron chi connectivity index (χ4n) is 0.332. The number of rotatable bonds is 5. The number of halogens is 1. The van der Waals surface area contributed by atoms with Crippen LogP contribution in [0.5, 0.6) is 0 Å². The Hall–Kier alpha value is 0.387. The molecule has 0 spiro atoms. The molecule has 0 saturated heterocycles. The maximum atomic E-state index is 5.35. The highest BCUT2D eigenvalue weighted by molar-refractivity contribution is 6.93. The first-order chi connectivity index (χ1) is 4.35. The maximum absolute atomic E-state index is 5.35. The zero-order valence-electron chi connectivity index (χ0n) is 5.39. The number of methoxy groups -OCH3 is 2. The van der Waals surface area contributed by atoms with Crippen LogP contribution in [0.25, 0.3) is 0 Å². The summed E-state index contributed by atoms with van der Waals surface area (Å²) in [6, 6.07) is 0. The van der Waals surface area contributed by atoms with E-state index in [0.29, 0.717) is 6.23 Å². The predicted octanol–water partition coefficient (Wildman–Crippen LogP) is 0.395. The molecule has 3 nitrogen and oxygen atoms in total. The van der Waals surface area contributed by atoms with Crippen LogP contribution in [0, 0.1) is 0 Å². The van der Waals surface area contributed by atoms with Crippen molar-refractivity contribution in [1.82, 2.24) is 0 Å². The average molecular weight is 169 g/mol. The lowest BCUT2D eigenvalue weighted by atomic mass is 11.2. The van der Waals surface area contributed by atoms with Crippen LogP contribution in [-0.2, 0) is 14.2 Å². The Morgan fingerprint density at radius 2 is 2.00 bits per heavy atom. The van der Waals surface area contributed by atoms with Gasteiger partial charge in [0.2, 0.25) is 8.83 Å². The van der Waals surface area contributed by atoms with Crippen molar-refractivity contribution in [2.75, 3.05) is 20.4 Å². The third-order valence-corrected chi connectivity index (χ3v) is 1.26. The van der Waals surface area contributed by atoms with E-state index in [1.165, 1.54) is 14.2 Å². The first-order valence-corrected chi connectivity index (χ1v) is 4.57. The molecule has 0 unspecified atom stereocenters. The third kappa shape index (κ3) is 4.86. The molecule has 0 aliphatic carbocycles.